The number of carbonyl (C=O) groups excluding carboxylic acids is 2. The number of amides is 2. The van der Waals surface area contributed by atoms with Crippen LogP contribution in [0.25, 0.3) is 22.6 Å². The number of nitrogens with one attached hydrogen (secondary N) is 1. The van der Waals surface area contributed by atoms with Gasteiger partial charge in [0.15, 0.2) is 5.58 Å². The molecule has 3 heterocycles. The first kappa shape index (κ1) is 24.5. The summed E-state index contributed by atoms with van der Waals surface area (Å²) in [6, 6.07) is 15.2. The lowest BCUT2D eigenvalue weighted by Gasteiger charge is -2.32. The van der Waals surface area contributed by atoms with Crippen molar-refractivity contribution < 1.29 is 14.0 Å². The molecule has 2 aliphatic rings. The molecule has 0 aliphatic carbocycles. The van der Waals surface area contributed by atoms with E-state index in [4.69, 9.17) is 4.42 Å². The van der Waals surface area contributed by atoms with Crippen LogP contribution in [0.4, 0.5) is 0 Å². The second-order valence-corrected chi connectivity index (χ2v) is 10.1. The van der Waals surface area contributed by atoms with Gasteiger partial charge in [-0.1, -0.05) is 24.6 Å². The van der Waals surface area contributed by atoms with E-state index in [9.17, 15) is 9.59 Å². The van der Waals surface area contributed by atoms with Gasteiger partial charge in [-0.3, -0.25) is 9.59 Å². The zero-order chi connectivity index (χ0) is 24.7. The molecule has 2 fully saturated rings. The van der Waals surface area contributed by atoms with E-state index >= 15 is 0 Å². The van der Waals surface area contributed by atoms with Crippen LogP contribution in [0.3, 0.4) is 0 Å². The van der Waals surface area contributed by atoms with Crippen LogP contribution in [-0.4, -0.2) is 65.9 Å². The van der Waals surface area contributed by atoms with Gasteiger partial charge >= 0.3 is 0 Å². The lowest BCUT2D eigenvalue weighted by Crippen LogP contribution is -2.40. The van der Waals surface area contributed by atoms with Crippen LogP contribution in [0.2, 0.25) is 0 Å². The van der Waals surface area contributed by atoms with E-state index in [1.807, 2.05) is 47.4 Å². The molecule has 0 spiro atoms. The van der Waals surface area contributed by atoms with E-state index < -0.39 is 0 Å². The summed E-state index contributed by atoms with van der Waals surface area (Å²) >= 11 is 0. The Labute approximate surface area is 212 Å². The largest absolute Gasteiger partial charge is 0.436 e. The molecule has 0 atom stereocenters. The molecule has 2 aromatic carbocycles. The van der Waals surface area contributed by atoms with Crippen molar-refractivity contribution in [1.29, 1.82) is 0 Å². The number of nitrogens with zero attached hydrogens (tertiary/aromatic N) is 3. The number of hydrogen-bond acceptors (Lipinski definition) is 5. The zero-order valence-electron chi connectivity index (χ0n) is 21.0. The standard InChI is InChI=1S/C29H36N4O3/c34-27(30-14-7-17-32-15-5-2-6-16-32)20-22-12-18-33(19-13-22)29(35)24-10-11-25-26(21-24)36-28(31-25)23-8-3-1-4-9-23/h1,3-4,8-11,21-22H,2,5-7,12-20H2,(H,30,34). The number of likely N-dealkylation sites (tertiary alicyclic amines) is 2. The summed E-state index contributed by atoms with van der Waals surface area (Å²) in [5, 5.41) is 3.10. The van der Waals surface area contributed by atoms with Crippen LogP contribution in [0.5, 0.6) is 0 Å². The van der Waals surface area contributed by atoms with Crippen LogP contribution in [0.15, 0.2) is 52.9 Å². The molecule has 7 heteroatoms. The highest BCUT2D eigenvalue weighted by atomic mass is 16.3. The summed E-state index contributed by atoms with van der Waals surface area (Å²) in [6.07, 6.45) is 7.24. The Kier molecular flexibility index (Phi) is 7.96. The molecule has 2 aliphatic heterocycles. The Morgan fingerprint density at radius 1 is 0.972 bits per heavy atom. The number of aromatic nitrogens is 1. The highest BCUT2D eigenvalue weighted by Gasteiger charge is 2.25. The second kappa shape index (κ2) is 11.7. The van der Waals surface area contributed by atoms with Gasteiger partial charge in [0.1, 0.15) is 5.52 Å². The van der Waals surface area contributed by atoms with Gasteiger partial charge in [-0.15, -0.1) is 0 Å². The number of hydrogen-bond donors (Lipinski definition) is 1. The predicted octanol–water partition coefficient (Wildman–Crippen LogP) is 4.73. The van der Waals surface area contributed by atoms with E-state index in [0.29, 0.717) is 42.5 Å². The smallest absolute Gasteiger partial charge is 0.253 e. The van der Waals surface area contributed by atoms with Crippen molar-refractivity contribution in [2.45, 2.75) is 44.9 Å². The molecule has 0 saturated carbocycles. The Morgan fingerprint density at radius 2 is 1.75 bits per heavy atom. The van der Waals surface area contributed by atoms with E-state index in [2.05, 4.69) is 15.2 Å². The highest BCUT2D eigenvalue weighted by molar-refractivity contribution is 5.97. The third-order valence-electron chi connectivity index (χ3n) is 7.45. The van der Waals surface area contributed by atoms with Gasteiger partial charge in [0, 0.05) is 37.2 Å². The van der Waals surface area contributed by atoms with Crippen molar-refractivity contribution in [3.8, 4) is 11.5 Å². The SMILES string of the molecule is O=C(CC1CCN(C(=O)c2ccc3nc(-c4ccccc4)oc3c2)CC1)NCCCN1CCCCC1. The number of piperidine rings is 2. The maximum atomic E-state index is 13.1. The number of benzene rings is 2. The fourth-order valence-electron chi connectivity index (χ4n) is 5.33. The summed E-state index contributed by atoms with van der Waals surface area (Å²) in [5.74, 6) is 1.04. The van der Waals surface area contributed by atoms with Gasteiger partial charge in [0.25, 0.3) is 5.91 Å². The molecule has 0 radical (unpaired) electrons. The summed E-state index contributed by atoms with van der Waals surface area (Å²) in [5.41, 5.74) is 2.88. The summed E-state index contributed by atoms with van der Waals surface area (Å²) in [4.78, 5) is 34.5. The van der Waals surface area contributed by atoms with Crippen molar-refractivity contribution in [1.82, 2.24) is 20.1 Å². The van der Waals surface area contributed by atoms with Crippen LogP contribution in [0, 0.1) is 5.92 Å². The number of fused-ring (bicyclic) bond motifs is 1. The molecule has 0 unspecified atom stereocenters. The molecule has 3 aromatic rings. The van der Waals surface area contributed by atoms with Crippen molar-refractivity contribution >= 4 is 22.9 Å². The van der Waals surface area contributed by atoms with E-state index in [0.717, 1.165) is 43.4 Å². The summed E-state index contributed by atoms with van der Waals surface area (Å²) in [6.45, 7) is 5.58. The Hall–Kier alpha value is -3.19. The van der Waals surface area contributed by atoms with Gasteiger partial charge in [0.2, 0.25) is 11.8 Å². The number of oxazole rings is 1. The molecule has 1 aromatic heterocycles. The minimum Gasteiger partial charge on any atom is -0.436 e. The van der Waals surface area contributed by atoms with Crippen molar-refractivity contribution in [2.75, 3.05) is 39.3 Å². The lowest BCUT2D eigenvalue weighted by atomic mass is 9.93. The van der Waals surface area contributed by atoms with E-state index in [-0.39, 0.29) is 11.8 Å². The molecule has 7 nitrogen and oxygen atoms in total. The molecule has 36 heavy (non-hydrogen) atoms. The topological polar surface area (TPSA) is 78.7 Å². The fourth-order valence-corrected chi connectivity index (χ4v) is 5.33. The molecule has 2 saturated heterocycles. The molecular weight excluding hydrogens is 452 g/mol. The molecule has 2 amide bonds. The minimum atomic E-state index is 0.00942. The quantitative estimate of drug-likeness (QED) is 0.464. The first-order valence-electron chi connectivity index (χ1n) is 13.4. The average molecular weight is 489 g/mol. The van der Waals surface area contributed by atoms with Gasteiger partial charge in [0.05, 0.1) is 0 Å². The van der Waals surface area contributed by atoms with Crippen LogP contribution < -0.4 is 5.32 Å². The van der Waals surface area contributed by atoms with Crippen molar-refractivity contribution in [2.24, 2.45) is 5.92 Å². The Bertz CT molecular complexity index is 1160. The maximum absolute atomic E-state index is 13.1. The Morgan fingerprint density at radius 3 is 2.53 bits per heavy atom. The van der Waals surface area contributed by atoms with Crippen LogP contribution in [-0.2, 0) is 4.79 Å². The first-order valence-corrected chi connectivity index (χ1v) is 13.4. The normalized spacial score (nSPS) is 17.4. The second-order valence-electron chi connectivity index (χ2n) is 10.1. The fraction of sp³-hybridized carbons (Fsp3) is 0.483. The number of carbonyl (C=O) groups is 2. The predicted molar refractivity (Wildman–Crippen MR) is 141 cm³/mol. The average Bonchev–Trinajstić information content (AvgIpc) is 3.36. The molecule has 190 valence electrons. The molecule has 5 rings (SSSR count). The molecular formula is C29H36N4O3. The van der Waals surface area contributed by atoms with Gasteiger partial charge in [-0.25, -0.2) is 4.98 Å². The monoisotopic (exact) mass is 488 g/mol. The molecule has 0 bridgehead atoms. The van der Waals surface area contributed by atoms with Crippen molar-refractivity contribution in [3.63, 3.8) is 0 Å². The van der Waals surface area contributed by atoms with Gasteiger partial charge < -0.3 is 19.5 Å². The highest BCUT2D eigenvalue weighted by Crippen LogP contribution is 2.26. The van der Waals surface area contributed by atoms with Gasteiger partial charge in [-0.2, -0.15) is 0 Å². The maximum Gasteiger partial charge on any atom is 0.253 e. The Balaban J connectivity index is 1.07. The third kappa shape index (κ3) is 6.13. The summed E-state index contributed by atoms with van der Waals surface area (Å²) < 4.78 is 5.94. The minimum absolute atomic E-state index is 0.00942. The van der Waals surface area contributed by atoms with E-state index in [1.54, 1.807) is 6.07 Å². The third-order valence-corrected chi connectivity index (χ3v) is 7.45. The van der Waals surface area contributed by atoms with Crippen LogP contribution in [0.1, 0.15) is 55.3 Å². The van der Waals surface area contributed by atoms with Gasteiger partial charge in [-0.05, 0) is 88.0 Å². The zero-order valence-corrected chi connectivity index (χ0v) is 21.0. The summed E-state index contributed by atoms with van der Waals surface area (Å²) in [7, 11) is 0. The van der Waals surface area contributed by atoms with E-state index in [1.165, 1.54) is 32.4 Å². The van der Waals surface area contributed by atoms with Crippen LogP contribution >= 0.6 is 0 Å². The molecule has 1 N–H and O–H groups in total. The van der Waals surface area contributed by atoms with Crippen molar-refractivity contribution in [3.05, 3.63) is 54.1 Å². The number of rotatable bonds is 8. The first-order chi connectivity index (χ1) is 17.7. The lowest BCUT2D eigenvalue weighted by molar-refractivity contribution is -0.122.